The molecule has 1 saturated heterocycles. The zero-order chi connectivity index (χ0) is 8.65. The first kappa shape index (κ1) is 8.92. The topological polar surface area (TPSA) is 89.4 Å². The highest BCUT2D eigenvalue weighted by Crippen LogP contribution is 2.17. The summed E-state index contributed by atoms with van der Waals surface area (Å²) >= 11 is 0. The van der Waals surface area contributed by atoms with Gasteiger partial charge in [0.2, 0.25) is 0 Å². The molecule has 4 N–H and O–H groups in total. The van der Waals surface area contributed by atoms with E-state index in [1.165, 1.54) is 4.31 Å². The smallest absolute Gasteiger partial charge is 0.277 e. The lowest BCUT2D eigenvalue weighted by atomic mass is 10.2. The van der Waals surface area contributed by atoms with Crippen LogP contribution in [0.1, 0.15) is 13.3 Å². The van der Waals surface area contributed by atoms with E-state index >= 15 is 0 Å². The second-order valence-electron chi connectivity index (χ2n) is 2.85. The Morgan fingerprint density at radius 1 is 1.55 bits per heavy atom. The molecule has 0 bridgehead atoms. The fourth-order valence-corrected chi connectivity index (χ4v) is 2.27. The summed E-state index contributed by atoms with van der Waals surface area (Å²) in [6.07, 6.45) is 0.692. The lowest BCUT2D eigenvalue weighted by Gasteiger charge is -2.19. The second kappa shape index (κ2) is 2.71. The van der Waals surface area contributed by atoms with Gasteiger partial charge in [0.05, 0.1) is 0 Å². The monoisotopic (exact) mass is 179 g/mol. The molecule has 5 nitrogen and oxygen atoms in total. The van der Waals surface area contributed by atoms with Crippen molar-refractivity contribution in [3.05, 3.63) is 0 Å². The number of nitrogens with zero attached hydrogens (tertiary/aromatic N) is 1. The van der Waals surface area contributed by atoms with Gasteiger partial charge in [-0.25, -0.2) is 5.14 Å². The van der Waals surface area contributed by atoms with Gasteiger partial charge in [-0.1, -0.05) is 0 Å². The molecule has 0 aromatic rings. The molecule has 0 spiro atoms. The summed E-state index contributed by atoms with van der Waals surface area (Å²) in [6, 6.07) is -0.238. The molecule has 0 aromatic carbocycles. The average Bonchev–Trinajstić information content (AvgIpc) is 2.11. The van der Waals surface area contributed by atoms with Crippen molar-refractivity contribution < 1.29 is 8.42 Å². The SMILES string of the molecule is CC1C(N)CCN1S(N)(=O)=O. The first-order valence-corrected chi connectivity index (χ1v) is 4.98. The molecule has 1 heterocycles. The maximum absolute atomic E-state index is 10.8. The minimum absolute atomic E-state index is 0.0756. The fraction of sp³-hybridized carbons (Fsp3) is 1.00. The van der Waals surface area contributed by atoms with Crippen molar-refractivity contribution in [2.75, 3.05) is 6.54 Å². The highest BCUT2D eigenvalue weighted by molar-refractivity contribution is 7.86. The van der Waals surface area contributed by atoms with Crippen molar-refractivity contribution in [2.24, 2.45) is 10.9 Å². The van der Waals surface area contributed by atoms with Gasteiger partial charge in [0, 0.05) is 18.6 Å². The number of hydrogen-bond acceptors (Lipinski definition) is 3. The highest BCUT2D eigenvalue weighted by atomic mass is 32.2. The Morgan fingerprint density at radius 3 is 2.27 bits per heavy atom. The van der Waals surface area contributed by atoms with Crippen molar-refractivity contribution in [1.82, 2.24) is 4.31 Å². The Labute approximate surface area is 66.5 Å². The summed E-state index contributed by atoms with van der Waals surface area (Å²) in [5.74, 6) is 0. The molecule has 0 radical (unpaired) electrons. The molecule has 0 saturated carbocycles. The van der Waals surface area contributed by atoms with Gasteiger partial charge in [0.15, 0.2) is 0 Å². The van der Waals surface area contributed by atoms with Crippen LogP contribution in [0.4, 0.5) is 0 Å². The lowest BCUT2D eigenvalue weighted by molar-refractivity contribution is 0.394. The molecule has 0 aromatic heterocycles. The molecule has 11 heavy (non-hydrogen) atoms. The summed E-state index contributed by atoms with van der Waals surface area (Å²) in [6.45, 7) is 2.21. The summed E-state index contributed by atoms with van der Waals surface area (Å²) in [5.41, 5.74) is 5.60. The quantitative estimate of drug-likeness (QED) is 0.519. The third kappa shape index (κ3) is 1.70. The van der Waals surface area contributed by atoms with Crippen LogP contribution < -0.4 is 10.9 Å². The molecular formula is C5H13N3O2S. The Hall–Kier alpha value is -0.170. The minimum atomic E-state index is -3.53. The van der Waals surface area contributed by atoms with Crippen LogP contribution in [0.2, 0.25) is 0 Å². The molecule has 66 valence electrons. The summed E-state index contributed by atoms with van der Waals surface area (Å²) in [4.78, 5) is 0. The standard InChI is InChI=1S/C5H13N3O2S/c1-4-5(6)2-3-8(4)11(7,9)10/h4-5H,2-3,6H2,1H3,(H2,7,9,10). The fourth-order valence-electron chi connectivity index (χ4n) is 1.29. The summed E-state index contributed by atoms with van der Waals surface area (Å²) in [5, 5.41) is 4.94. The van der Waals surface area contributed by atoms with E-state index in [0.29, 0.717) is 13.0 Å². The van der Waals surface area contributed by atoms with Gasteiger partial charge in [-0.3, -0.25) is 0 Å². The first-order valence-electron chi connectivity index (χ1n) is 3.48. The van der Waals surface area contributed by atoms with Crippen molar-refractivity contribution in [1.29, 1.82) is 0 Å². The highest BCUT2D eigenvalue weighted by Gasteiger charge is 2.34. The Balaban J connectivity index is 2.78. The Morgan fingerprint density at radius 2 is 2.09 bits per heavy atom. The minimum Gasteiger partial charge on any atom is -0.326 e. The van der Waals surface area contributed by atoms with E-state index in [1.54, 1.807) is 6.92 Å². The van der Waals surface area contributed by atoms with Crippen LogP contribution >= 0.6 is 0 Å². The third-order valence-corrected chi connectivity index (χ3v) is 3.25. The van der Waals surface area contributed by atoms with E-state index in [1.807, 2.05) is 0 Å². The van der Waals surface area contributed by atoms with E-state index in [2.05, 4.69) is 0 Å². The predicted octanol–water partition coefficient (Wildman–Crippen LogP) is -1.39. The van der Waals surface area contributed by atoms with Gasteiger partial charge in [0.25, 0.3) is 10.2 Å². The molecule has 1 rings (SSSR count). The first-order chi connectivity index (χ1) is 4.93. The molecule has 1 aliphatic heterocycles. The van der Waals surface area contributed by atoms with Crippen LogP contribution in [0.25, 0.3) is 0 Å². The Bertz CT molecular complexity index is 238. The van der Waals surface area contributed by atoms with E-state index in [-0.39, 0.29) is 12.1 Å². The van der Waals surface area contributed by atoms with Crippen molar-refractivity contribution in [3.8, 4) is 0 Å². The Kier molecular flexibility index (Phi) is 2.19. The molecular weight excluding hydrogens is 166 g/mol. The maximum Gasteiger partial charge on any atom is 0.277 e. The molecule has 1 fully saturated rings. The molecule has 1 aliphatic rings. The largest absolute Gasteiger partial charge is 0.326 e. The van der Waals surface area contributed by atoms with Crippen LogP contribution in [-0.2, 0) is 10.2 Å². The van der Waals surface area contributed by atoms with Crippen LogP contribution in [0, 0.1) is 0 Å². The van der Waals surface area contributed by atoms with Crippen molar-refractivity contribution in [3.63, 3.8) is 0 Å². The summed E-state index contributed by atoms with van der Waals surface area (Å²) < 4.78 is 22.9. The number of rotatable bonds is 1. The van der Waals surface area contributed by atoms with Gasteiger partial charge < -0.3 is 5.73 Å². The van der Waals surface area contributed by atoms with Gasteiger partial charge in [-0.05, 0) is 13.3 Å². The number of hydrogen-bond donors (Lipinski definition) is 2. The summed E-state index contributed by atoms with van der Waals surface area (Å²) in [7, 11) is -3.53. The van der Waals surface area contributed by atoms with E-state index in [9.17, 15) is 8.42 Å². The molecule has 2 atom stereocenters. The molecule has 0 aliphatic carbocycles. The van der Waals surface area contributed by atoms with Gasteiger partial charge in [0.1, 0.15) is 0 Å². The van der Waals surface area contributed by atoms with Gasteiger partial charge in [-0.15, -0.1) is 0 Å². The maximum atomic E-state index is 10.8. The second-order valence-corrected chi connectivity index (χ2v) is 4.35. The van der Waals surface area contributed by atoms with Crippen molar-refractivity contribution >= 4 is 10.2 Å². The van der Waals surface area contributed by atoms with Crippen LogP contribution in [0.3, 0.4) is 0 Å². The third-order valence-electron chi connectivity index (χ3n) is 2.08. The van der Waals surface area contributed by atoms with Crippen molar-refractivity contribution in [2.45, 2.75) is 25.4 Å². The zero-order valence-corrected chi connectivity index (χ0v) is 7.21. The lowest BCUT2D eigenvalue weighted by Crippen LogP contribution is -2.43. The van der Waals surface area contributed by atoms with Crippen LogP contribution in [-0.4, -0.2) is 31.4 Å². The van der Waals surface area contributed by atoms with Gasteiger partial charge in [-0.2, -0.15) is 12.7 Å². The molecule has 6 heteroatoms. The van der Waals surface area contributed by atoms with Gasteiger partial charge >= 0.3 is 0 Å². The van der Waals surface area contributed by atoms with Crippen LogP contribution in [0.15, 0.2) is 0 Å². The van der Waals surface area contributed by atoms with E-state index < -0.39 is 10.2 Å². The molecule has 0 amide bonds. The normalized spacial score (nSPS) is 34.5. The van der Waals surface area contributed by atoms with E-state index in [4.69, 9.17) is 10.9 Å². The average molecular weight is 179 g/mol. The molecule has 2 unspecified atom stereocenters. The number of nitrogens with two attached hydrogens (primary N) is 2. The zero-order valence-electron chi connectivity index (χ0n) is 6.40. The predicted molar refractivity (Wildman–Crippen MR) is 41.9 cm³/mol. The van der Waals surface area contributed by atoms with E-state index in [0.717, 1.165) is 0 Å². The van der Waals surface area contributed by atoms with Crippen LogP contribution in [0.5, 0.6) is 0 Å².